The Hall–Kier alpha value is 0.0787. The van der Waals surface area contributed by atoms with E-state index in [-0.39, 0.29) is 0 Å². The maximum absolute atomic E-state index is 4.87. The Morgan fingerprint density at radius 3 is 2.67 bits per heavy atom. The number of hydrogen-bond acceptors (Lipinski definition) is 1. The second-order valence-corrected chi connectivity index (χ2v) is 2.38. The zero-order valence-corrected chi connectivity index (χ0v) is 5.99. The van der Waals surface area contributed by atoms with Crippen molar-refractivity contribution in [2.75, 3.05) is 0 Å². The molecule has 1 aromatic rings. The molecule has 0 spiro atoms. The molecule has 0 N–H and O–H groups in total. The summed E-state index contributed by atoms with van der Waals surface area (Å²) in [6.07, 6.45) is 1.68. The van der Waals surface area contributed by atoms with Gasteiger partial charge in [0.2, 0.25) is 0 Å². The molecule has 2 heteroatoms. The zero-order valence-electron chi connectivity index (χ0n) is 3.14. The zero-order chi connectivity index (χ0) is 4.41. The van der Waals surface area contributed by atoms with Gasteiger partial charge in [0, 0.05) is 0 Å². The molecule has 1 rings (SSSR count). The molecule has 1 heterocycles. The summed E-state index contributed by atoms with van der Waals surface area (Å²) in [6.45, 7) is 0. The molecule has 0 aliphatic rings. The van der Waals surface area contributed by atoms with Crippen LogP contribution in [0.5, 0.6) is 0 Å². The Morgan fingerprint density at radius 2 is 2.50 bits per heavy atom. The number of hydrogen-bond donors (Lipinski definition) is 0. The van der Waals surface area contributed by atoms with Crippen molar-refractivity contribution in [3.8, 4) is 0 Å². The average Bonchev–Trinajstić information content (AvgIpc) is 1.86. The van der Waals surface area contributed by atoms with Crippen LogP contribution < -0.4 is 3.78 Å². The van der Waals surface area contributed by atoms with Crippen LogP contribution in [0.4, 0.5) is 0 Å². The maximum atomic E-state index is 4.87. The van der Waals surface area contributed by atoms with E-state index in [4.69, 9.17) is 4.42 Å². The van der Waals surface area contributed by atoms with Gasteiger partial charge >= 0.3 is 49.1 Å². The molecule has 3 radical (unpaired) electrons. The molecule has 0 amide bonds. The number of furan rings is 1. The Kier molecular flexibility index (Phi) is 1.19. The standard InChI is InChI=1S/C4H3O.Sn/c1-2-4-5-3-1;/h1-3H;. The Labute approximate surface area is 49.4 Å². The minimum absolute atomic E-state index is 1.06. The third-order valence-corrected chi connectivity index (χ3v) is 1.33. The molecule has 1 nitrogen and oxygen atoms in total. The van der Waals surface area contributed by atoms with Gasteiger partial charge < -0.3 is 0 Å². The normalized spacial score (nSPS) is 8.83. The monoisotopic (exact) mass is 187 g/mol. The van der Waals surface area contributed by atoms with Gasteiger partial charge in [-0.3, -0.25) is 0 Å². The SMILES string of the molecule is [Sn][c]1ccco1. The van der Waals surface area contributed by atoms with Crippen LogP contribution in [0.3, 0.4) is 0 Å². The van der Waals surface area contributed by atoms with Gasteiger partial charge in [-0.15, -0.1) is 0 Å². The first-order valence-corrected chi connectivity index (χ1v) is 3.07. The van der Waals surface area contributed by atoms with E-state index in [1.165, 1.54) is 22.5 Å². The van der Waals surface area contributed by atoms with E-state index in [9.17, 15) is 0 Å². The van der Waals surface area contributed by atoms with Crippen LogP contribution in [-0.2, 0) is 0 Å². The molecule has 0 saturated heterocycles. The summed E-state index contributed by atoms with van der Waals surface area (Å²) in [5.74, 6) is 0. The van der Waals surface area contributed by atoms with Gasteiger partial charge in [0.25, 0.3) is 0 Å². The van der Waals surface area contributed by atoms with E-state index in [0.29, 0.717) is 0 Å². The first-order valence-electron chi connectivity index (χ1n) is 1.65. The van der Waals surface area contributed by atoms with Crippen molar-refractivity contribution in [2.24, 2.45) is 0 Å². The summed E-state index contributed by atoms with van der Waals surface area (Å²) in [5.41, 5.74) is 0. The van der Waals surface area contributed by atoms with Crippen molar-refractivity contribution in [2.45, 2.75) is 0 Å². The molecular weight excluding hydrogens is 183 g/mol. The van der Waals surface area contributed by atoms with Gasteiger partial charge in [-0.1, -0.05) is 0 Å². The fourth-order valence-corrected chi connectivity index (χ4v) is 0.747. The summed E-state index contributed by atoms with van der Waals surface area (Å²) in [6, 6.07) is 3.85. The van der Waals surface area contributed by atoms with Crippen molar-refractivity contribution < 1.29 is 4.42 Å². The van der Waals surface area contributed by atoms with E-state index in [2.05, 4.69) is 0 Å². The predicted octanol–water partition coefficient (Wildman–Crippen LogP) is 0.0734. The predicted molar refractivity (Wildman–Crippen MR) is 24.1 cm³/mol. The van der Waals surface area contributed by atoms with Crippen molar-refractivity contribution >= 4 is 26.3 Å². The molecule has 0 saturated carbocycles. The Morgan fingerprint density at radius 1 is 1.67 bits per heavy atom. The molecule has 0 aromatic carbocycles. The van der Waals surface area contributed by atoms with Gasteiger partial charge in [-0.25, -0.2) is 0 Å². The van der Waals surface area contributed by atoms with Crippen LogP contribution >= 0.6 is 0 Å². The quantitative estimate of drug-likeness (QED) is 0.522. The van der Waals surface area contributed by atoms with Crippen LogP contribution in [0, 0.1) is 0 Å². The van der Waals surface area contributed by atoms with Crippen LogP contribution in [0.15, 0.2) is 22.8 Å². The summed E-state index contributed by atoms with van der Waals surface area (Å²) in [4.78, 5) is 0. The molecular formula is C4H3OSn. The summed E-state index contributed by atoms with van der Waals surface area (Å²) >= 11 is 1.34. The molecule has 0 bridgehead atoms. The molecule has 29 valence electrons. The first-order chi connectivity index (χ1) is 2.89. The third kappa shape index (κ3) is 0.772. The molecule has 0 aliphatic heterocycles. The van der Waals surface area contributed by atoms with Crippen LogP contribution in [0.1, 0.15) is 0 Å². The topological polar surface area (TPSA) is 13.1 Å². The average molecular weight is 186 g/mol. The Bertz CT molecular complexity index is 111. The van der Waals surface area contributed by atoms with Crippen molar-refractivity contribution in [3.05, 3.63) is 18.4 Å². The van der Waals surface area contributed by atoms with E-state index < -0.39 is 0 Å². The molecule has 0 unspecified atom stereocenters. The summed E-state index contributed by atoms with van der Waals surface area (Å²) in [7, 11) is 0. The summed E-state index contributed by atoms with van der Waals surface area (Å²) in [5, 5.41) is 0. The fraction of sp³-hybridized carbons (Fsp3) is 0. The second kappa shape index (κ2) is 1.69. The van der Waals surface area contributed by atoms with Gasteiger partial charge in [0.05, 0.1) is 0 Å². The minimum atomic E-state index is 1.06. The third-order valence-electron chi connectivity index (χ3n) is 0.521. The van der Waals surface area contributed by atoms with Gasteiger partial charge in [-0.05, 0) is 0 Å². The molecule has 0 fully saturated rings. The van der Waals surface area contributed by atoms with Crippen molar-refractivity contribution in [3.63, 3.8) is 0 Å². The van der Waals surface area contributed by atoms with Crippen molar-refractivity contribution in [1.29, 1.82) is 0 Å². The van der Waals surface area contributed by atoms with Gasteiger partial charge in [0.1, 0.15) is 0 Å². The molecule has 1 aromatic heterocycles. The van der Waals surface area contributed by atoms with E-state index in [1.807, 2.05) is 12.1 Å². The van der Waals surface area contributed by atoms with Crippen LogP contribution in [0.2, 0.25) is 0 Å². The second-order valence-electron chi connectivity index (χ2n) is 0.977. The van der Waals surface area contributed by atoms with Crippen LogP contribution in [-0.4, -0.2) is 22.5 Å². The Balaban J connectivity index is 3.05. The first kappa shape index (κ1) is 4.24. The van der Waals surface area contributed by atoms with Crippen molar-refractivity contribution in [1.82, 2.24) is 0 Å². The van der Waals surface area contributed by atoms with Crippen LogP contribution in [0.25, 0.3) is 0 Å². The number of rotatable bonds is 0. The van der Waals surface area contributed by atoms with E-state index >= 15 is 0 Å². The van der Waals surface area contributed by atoms with E-state index in [0.717, 1.165) is 3.78 Å². The molecule has 0 atom stereocenters. The molecule has 0 aliphatic carbocycles. The van der Waals surface area contributed by atoms with Gasteiger partial charge in [-0.2, -0.15) is 0 Å². The summed E-state index contributed by atoms with van der Waals surface area (Å²) < 4.78 is 5.93. The fourth-order valence-electron chi connectivity index (χ4n) is 0.279. The molecule has 6 heavy (non-hydrogen) atoms. The van der Waals surface area contributed by atoms with Gasteiger partial charge in [0.15, 0.2) is 0 Å². The van der Waals surface area contributed by atoms with E-state index in [1.54, 1.807) is 6.26 Å².